The Morgan fingerprint density at radius 2 is 2.07 bits per heavy atom. The molecular formula is C12H11NO2. The van der Waals surface area contributed by atoms with Crippen LogP contribution < -0.4 is 0 Å². The fourth-order valence-corrected chi connectivity index (χ4v) is 2.36. The first kappa shape index (κ1) is 8.68. The highest BCUT2D eigenvalue weighted by Crippen LogP contribution is 2.41. The van der Waals surface area contributed by atoms with Crippen LogP contribution in [0.4, 0.5) is 0 Å². The van der Waals surface area contributed by atoms with E-state index in [0.717, 1.165) is 5.56 Å². The van der Waals surface area contributed by atoms with E-state index in [0.29, 0.717) is 18.5 Å². The third kappa shape index (κ3) is 0.957. The summed E-state index contributed by atoms with van der Waals surface area (Å²) < 4.78 is 0. The molecule has 2 aliphatic heterocycles. The number of benzene rings is 1. The predicted molar refractivity (Wildman–Crippen MR) is 55.1 cm³/mol. The standard InChI is InChI=1S/C12H11NO2/c14-11-9-5-1-2-6-10(9)12(15)7-3-4-8-13(11)12/h1-6,15H,7-8H2. The Hall–Kier alpha value is -1.61. The first-order valence-corrected chi connectivity index (χ1v) is 5.02. The average molecular weight is 201 g/mol. The summed E-state index contributed by atoms with van der Waals surface area (Å²) in [7, 11) is 0. The van der Waals surface area contributed by atoms with Crippen LogP contribution >= 0.6 is 0 Å². The summed E-state index contributed by atoms with van der Waals surface area (Å²) in [5, 5.41) is 10.5. The number of nitrogens with zero attached hydrogens (tertiary/aromatic N) is 1. The monoisotopic (exact) mass is 201 g/mol. The van der Waals surface area contributed by atoms with E-state index in [1.54, 1.807) is 6.07 Å². The van der Waals surface area contributed by atoms with Crippen molar-refractivity contribution in [1.29, 1.82) is 0 Å². The summed E-state index contributed by atoms with van der Waals surface area (Å²) in [5.74, 6) is -0.0718. The molecule has 1 unspecified atom stereocenters. The highest BCUT2D eigenvalue weighted by Gasteiger charge is 2.47. The first-order chi connectivity index (χ1) is 7.23. The maximum atomic E-state index is 12.0. The van der Waals surface area contributed by atoms with E-state index in [4.69, 9.17) is 0 Å². The summed E-state index contributed by atoms with van der Waals surface area (Å²) in [4.78, 5) is 13.5. The molecule has 1 amide bonds. The van der Waals surface area contributed by atoms with Crippen molar-refractivity contribution >= 4 is 5.91 Å². The van der Waals surface area contributed by atoms with E-state index in [1.165, 1.54) is 4.90 Å². The Bertz CT molecular complexity index is 466. The van der Waals surface area contributed by atoms with Gasteiger partial charge in [-0.05, 0) is 6.07 Å². The molecule has 0 radical (unpaired) electrons. The lowest BCUT2D eigenvalue weighted by atomic mass is 9.96. The van der Waals surface area contributed by atoms with Gasteiger partial charge in [-0.3, -0.25) is 4.79 Å². The van der Waals surface area contributed by atoms with Crippen LogP contribution in [-0.2, 0) is 5.72 Å². The highest BCUT2D eigenvalue weighted by atomic mass is 16.3. The fourth-order valence-electron chi connectivity index (χ4n) is 2.36. The average Bonchev–Trinajstić information content (AvgIpc) is 2.50. The van der Waals surface area contributed by atoms with Crippen LogP contribution in [-0.4, -0.2) is 22.5 Å². The number of hydrogen-bond donors (Lipinski definition) is 1. The molecule has 1 N–H and O–H groups in total. The molecule has 0 saturated heterocycles. The van der Waals surface area contributed by atoms with Gasteiger partial charge >= 0.3 is 0 Å². The number of aliphatic hydroxyl groups is 1. The molecule has 2 heterocycles. The van der Waals surface area contributed by atoms with E-state index in [-0.39, 0.29) is 5.91 Å². The Balaban J connectivity index is 2.24. The number of carbonyl (C=O) groups is 1. The number of hydrogen-bond acceptors (Lipinski definition) is 2. The Morgan fingerprint density at radius 3 is 2.93 bits per heavy atom. The third-order valence-corrected chi connectivity index (χ3v) is 3.14. The predicted octanol–water partition coefficient (Wildman–Crippen LogP) is 1.25. The molecule has 0 aromatic heterocycles. The molecule has 3 heteroatoms. The molecule has 0 aliphatic carbocycles. The van der Waals surface area contributed by atoms with E-state index < -0.39 is 5.72 Å². The molecule has 1 aromatic rings. The molecule has 3 nitrogen and oxygen atoms in total. The Morgan fingerprint density at radius 1 is 1.27 bits per heavy atom. The molecule has 15 heavy (non-hydrogen) atoms. The zero-order valence-electron chi connectivity index (χ0n) is 8.18. The molecule has 1 atom stereocenters. The van der Waals surface area contributed by atoms with Crippen LogP contribution in [0.15, 0.2) is 36.4 Å². The molecule has 2 aliphatic rings. The topological polar surface area (TPSA) is 40.5 Å². The number of carbonyl (C=O) groups excluding carboxylic acids is 1. The zero-order valence-corrected chi connectivity index (χ0v) is 8.18. The van der Waals surface area contributed by atoms with Crippen LogP contribution in [0.2, 0.25) is 0 Å². The quantitative estimate of drug-likeness (QED) is 0.642. The van der Waals surface area contributed by atoms with Crippen molar-refractivity contribution in [3.05, 3.63) is 47.5 Å². The molecule has 76 valence electrons. The second-order valence-corrected chi connectivity index (χ2v) is 3.95. The van der Waals surface area contributed by atoms with Gasteiger partial charge in [0.25, 0.3) is 5.91 Å². The van der Waals surface area contributed by atoms with Crippen molar-refractivity contribution in [3.8, 4) is 0 Å². The van der Waals surface area contributed by atoms with Gasteiger partial charge in [0.2, 0.25) is 0 Å². The van der Waals surface area contributed by atoms with Crippen molar-refractivity contribution in [2.24, 2.45) is 0 Å². The van der Waals surface area contributed by atoms with Gasteiger partial charge in [0.05, 0.1) is 0 Å². The van der Waals surface area contributed by atoms with Crippen molar-refractivity contribution in [2.45, 2.75) is 12.1 Å². The van der Waals surface area contributed by atoms with Gasteiger partial charge in [0, 0.05) is 24.1 Å². The highest BCUT2D eigenvalue weighted by molar-refractivity contribution is 5.99. The maximum absolute atomic E-state index is 12.0. The molecule has 3 rings (SSSR count). The number of fused-ring (bicyclic) bond motifs is 3. The summed E-state index contributed by atoms with van der Waals surface area (Å²) in [5.41, 5.74) is 0.255. The molecule has 0 bridgehead atoms. The number of rotatable bonds is 0. The second kappa shape index (κ2) is 2.70. The van der Waals surface area contributed by atoms with E-state index in [9.17, 15) is 9.90 Å². The minimum absolute atomic E-state index is 0.0718. The molecular weight excluding hydrogens is 190 g/mol. The lowest BCUT2D eigenvalue weighted by molar-refractivity contribution is -0.0809. The van der Waals surface area contributed by atoms with Gasteiger partial charge < -0.3 is 10.0 Å². The fraction of sp³-hybridized carbons (Fsp3) is 0.250. The summed E-state index contributed by atoms with van der Waals surface area (Å²) in [6.07, 6.45) is 4.32. The van der Waals surface area contributed by atoms with Crippen LogP contribution in [0.3, 0.4) is 0 Å². The Kier molecular flexibility index (Phi) is 1.56. The van der Waals surface area contributed by atoms with E-state index in [1.807, 2.05) is 30.4 Å². The summed E-state index contributed by atoms with van der Waals surface area (Å²) in [6, 6.07) is 7.28. The number of amides is 1. The van der Waals surface area contributed by atoms with Gasteiger partial charge in [0.1, 0.15) is 0 Å². The lowest BCUT2D eigenvalue weighted by Gasteiger charge is -2.35. The molecule has 0 fully saturated rings. The molecule has 1 aromatic carbocycles. The maximum Gasteiger partial charge on any atom is 0.257 e. The largest absolute Gasteiger partial charge is 0.366 e. The van der Waals surface area contributed by atoms with Crippen LogP contribution in [0.5, 0.6) is 0 Å². The minimum atomic E-state index is -1.11. The van der Waals surface area contributed by atoms with Crippen molar-refractivity contribution < 1.29 is 9.90 Å². The van der Waals surface area contributed by atoms with Crippen LogP contribution in [0, 0.1) is 0 Å². The molecule has 0 saturated carbocycles. The van der Waals surface area contributed by atoms with Crippen LogP contribution in [0.25, 0.3) is 0 Å². The van der Waals surface area contributed by atoms with Crippen molar-refractivity contribution in [2.75, 3.05) is 6.54 Å². The van der Waals surface area contributed by atoms with E-state index >= 15 is 0 Å². The van der Waals surface area contributed by atoms with Gasteiger partial charge in [0.15, 0.2) is 5.72 Å². The van der Waals surface area contributed by atoms with Gasteiger partial charge in [-0.25, -0.2) is 0 Å². The zero-order chi connectivity index (χ0) is 10.5. The normalized spacial score (nSPS) is 27.8. The van der Waals surface area contributed by atoms with Gasteiger partial charge in [-0.1, -0.05) is 30.4 Å². The lowest BCUT2D eigenvalue weighted by Crippen LogP contribution is -2.45. The smallest absolute Gasteiger partial charge is 0.257 e. The van der Waals surface area contributed by atoms with Gasteiger partial charge in [-0.15, -0.1) is 0 Å². The summed E-state index contributed by atoms with van der Waals surface area (Å²) in [6.45, 7) is 0.490. The first-order valence-electron chi connectivity index (χ1n) is 5.02. The van der Waals surface area contributed by atoms with Crippen molar-refractivity contribution in [1.82, 2.24) is 4.90 Å². The van der Waals surface area contributed by atoms with Gasteiger partial charge in [-0.2, -0.15) is 0 Å². The van der Waals surface area contributed by atoms with Crippen LogP contribution in [0.1, 0.15) is 22.3 Å². The second-order valence-electron chi connectivity index (χ2n) is 3.95. The summed E-state index contributed by atoms with van der Waals surface area (Å²) >= 11 is 0. The van der Waals surface area contributed by atoms with E-state index in [2.05, 4.69) is 0 Å². The SMILES string of the molecule is O=C1c2ccccc2C2(O)CC=CCN12. The van der Waals surface area contributed by atoms with Crippen molar-refractivity contribution in [3.63, 3.8) is 0 Å². The Labute approximate surface area is 87.6 Å². The third-order valence-electron chi connectivity index (χ3n) is 3.14. The molecule has 0 spiro atoms. The minimum Gasteiger partial charge on any atom is -0.366 e.